The molecule has 1 unspecified atom stereocenters. The molecule has 0 aliphatic carbocycles. The van der Waals surface area contributed by atoms with Gasteiger partial charge in [-0.05, 0) is 29.8 Å². The van der Waals surface area contributed by atoms with Gasteiger partial charge in [-0.25, -0.2) is 0 Å². The Balaban J connectivity index is 1.87. The third kappa shape index (κ3) is 3.18. The van der Waals surface area contributed by atoms with Gasteiger partial charge in [-0.3, -0.25) is 4.98 Å². The number of para-hydroxylation sites is 1. The SMILES string of the molecule is OC(Cc1ccc2ccccc2n1)c1ccc(Cl)cc1Cl. The smallest absolute Gasteiger partial charge is 0.0859 e. The molecule has 0 amide bonds. The first kappa shape index (κ1) is 14.3. The fraction of sp³-hybridized carbons (Fsp3) is 0.118. The number of rotatable bonds is 3. The molecule has 1 aromatic heterocycles. The first-order valence-corrected chi connectivity index (χ1v) is 7.37. The van der Waals surface area contributed by atoms with Crippen molar-refractivity contribution in [2.24, 2.45) is 0 Å². The summed E-state index contributed by atoms with van der Waals surface area (Å²) < 4.78 is 0. The molecule has 21 heavy (non-hydrogen) atoms. The van der Waals surface area contributed by atoms with Crippen LogP contribution in [0.2, 0.25) is 10.0 Å². The van der Waals surface area contributed by atoms with Crippen molar-refractivity contribution in [1.82, 2.24) is 4.98 Å². The molecule has 3 rings (SSSR count). The average Bonchev–Trinajstić information content (AvgIpc) is 2.47. The summed E-state index contributed by atoms with van der Waals surface area (Å²) >= 11 is 12.0. The van der Waals surface area contributed by atoms with E-state index in [1.807, 2.05) is 36.4 Å². The van der Waals surface area contributed by atoms with Crippen LogP contribution in [0.5, 0.6) is 0 Å². The molecule has 0 saturated heterocycles. The number of nitrogens with zero attached hydrogens (tertiary/aromatic N) is 1. The van der Waals surface area contributed by atoms with Gasteiger partial charge in [0.25, 0.3) is 0 Å². The van der Waals surface area contributed by atoms with Crippen LogP contribution < -0.4 is 0 Å². The van der Waals surface area contributed by atoms with Crippen molar-refractivity contribution in [3.63, 3.8) is 0 Å². The van der Waals surface area contributed by atoms with E-state index in [-0.39, 0.29) is 0 Å². The molecule has 1 N–H and O–H groups in total. The molecule has 0 bridgehead atoms. The van der Waals surface area contributed by atoms with E-state index in [4.69, 9.17) is 23.2 Å². The van der Waals surface area contributed by atoms with Crippen molar-refractivity contribution >= 4 is 34.1 Å². The van der Waals surface area contributed by atoms with Crippen LogP contribution >= 0.6 is 23.2 Å². The molecule has 1 heterocycles. The van der Waals surface area contributed by atoms with E-state index < -0.39 is 6.10 Å². The Morgan fingerprint density at radius 1 is 1.00 bits per heavy atom. The fourth-order valence-corrected chi connectivity index (χ4v) is 2.84. The highest BCUT2D eigenvalue weighted by molar-refractivity contribution is 6.35. The number of pyridine rings is 1. The first-order valence-electron chi connectivity index (χ1n) is 6.61. The molecule has 1 atom stereocenters. The molecule has 3 aromatic rings. The zero-order valence-corrected chi connectivity index (χ0v) is 12.6. The largest absolute Gasteiger partial charge is 0.388 e. The number of hydrogen-bond donors (Lipinski definition) is 1. The molecule has 0 spiro atoms. The standard InChI is InChI=1S/C17H13Cl2NO/c18-12-6-8-14(15(19)9-12)17(21)10-13-7-5-11-3-1-2-4-16(11)20-13/h1-9,17,21H,10H2. The predicted octanol–water partition coefficient (Wildman–Crippen LogP) is 4.82. The Morgan fingerprint density at radius 2 is 1.81 bits per heavy atom. The molecular formula is C17H13Cl2NO. The van der Waals surface area contributed by atoms with Gasteiger partial charge in [0.2, 0.25) is 0 Å². The maximum absolute atomic E-state index is 10.4. The van der Waals surface area contributed by atoms with Gasteiger partial charge in [0.1, 0.15) is 0 Å². The van der Waals surface area contributed by atoms with Gasteiger partial charge >= 0.3 is 0 Å². The summed E-state index contributed by atoms with van der Waals surface area (Å²) in [4.78, 5) is 4.56. The van der Waals surface area contributed by atoms with Gasteiger partial charge < -0.3 is 5.11 Å². The van der Waals surface area contributed by atoms with Crippen LogP contribution in [-0.4, -0.2) is 10.1 Å². The van der Waals surface area contributed by atoms with Crippen LogP contribution in [0.4, 0.5) is 0 Å². The summed E-state index contributed by atoms with van der Waals surface area (Å²) in [6.45, 7) is 0. The van der Waals surface area contributed by atoms with Crippen LogP contribution in [0.25, 0.3) is 10.9 Å². The van der Waals surface area contributed by atoms with E-state index >= 15 is 0 Å². The van der Waals surface area contributed by atoms with E-state index in [9.17, 15) is 5.11 Å². The Labute approximate surface area is 133 Å². The first-order chi connectivity index (χ1) is 10.1. The molecule has 2 aromatic carbocycles. The van der Waals surface area contributed by atoms with Crippen molar-refractivity contribution in [2.75, 3.05) is 0 Å². The van der Waals surface area contributed by atoms with Gasteiger partial charge in [-0.15, -0.1) is 0 Å². The van der Waals surface area contributed by atoms with Crippen molar-refractivity contribution in [3.8, 4) is 0 Å². The fourth-order valence-electron chi connectivity index (χ4n) is 2.30. The lowest BCUT2D eigenvalue weighted by Gasteiger charge is -2.13. The second-order valence-electron chi connectivity index (χ2n) is 4.88. The van der Waals surface area contributed by atoms with Crippen molar-refractivity contribution in [1.29, 1.82) is 0 Å². The van der Waals surface area contributed by atoms with Crippen LogP contribution in [0, 0.1) is 0 Å². The summed E-state index contributed by atoms with van der Waals surface area (Å²) in [5.74, 6) is 0. The molecular weight excluding hydrogens is 305 g/mol. The highest BCUT2D eigenvalue weighted by atomic mass is 35.5. The second-order valence-corrected chi connectivity index (χ2v) is 5.72. The molecule has 106 valence electrons. The third-order valence-electron chi connectivity index (χ3n) is 3.38. The van der Waals surface area contributed by atoms with Crippen molar-refractivity contribution in [2.45, 2.75) is 12.5 Å². The minimum absolute atomic E-state index is 0.409. The number of aliphatic hydroxyl groups is 1. The minimum atomic E-state index is -0.705. The molecule has 0 aliphatic heterocycles. The highest BCUT2D eigenvalue weighted by Gasteiger charge is 2.13. The zero-order chi connectivity index (χ0) is 14.8. The topological polar surface area (TPSA) is 33.1 Å². The number of fused-ring (bicyclic) bond motifs is 1. The summed E-state index contributed by atoms with van der Waals surface area (Å²) in [7, 11) is 0. The molecule has 0 radical (unpaired) electrons. The number of halogens is 2. The number of benzene rings is 2. The van der Waals surface area contributed by atoms with Crippen LogP contribution in [0.15, 0.2) is 54.6 Å². The van der Waals surface area contributed by atoms with E-state index in [1.165, 1.54) is 0 Å². The average molecular weight is 318 g/mol. The Bertz CT molecular complexity index is 789. The van der Waals surface area contributed by atoms with E-state index in [1.54, 1.807) is 18.2 Å². The van der Waals surface area contributed by atoms with E-state index in [0.29, 0.717) is 22.0 Å². The maximum Gasteiger partial charge on any atom is 0.0859 e. The quantitative estimate of drug-likeness (QED) is 0.751. The summed E-state index contributed by atoms with van der Waals surface area (Å²) in [5, 5.41) is 12.5. The zero-order valence-electron chi connectivity index (χ0n) is 11.1. The summed E-state index contributed by atoms with van der Waals surface area (Å²) in [6, 6.07) is 16.9. The van der Waals surface area contributed by atoms with E-state index in [0.717, 1.165) is 16.6 Å². The van der Waals surface area contributed by atoms with Gasteiger partial charge in [0.15, 0.2) is 0 Å². The Kier molecular flexibility index (Phi) is 4.11. The predicted molar refractivity (Wildman–Crippen MR) is 86.9 cm³/mol. The molecule has 2 nitrogen and oxygen atoms in total. The third-order valence-corrected chi connectivity index (χ3v) is 3.94. The normalized spacial score (nSPS) is 12.5. The summed E-state index contributed by atoms with van der Waals surface area (Å²) in [6.07, 6.45) is -0.296. The minimum Gasteiger partial charge on any atom is -0.388 e. The Hall–Kier alpha value is -1.61. The van der Waals surface area contributed by atoms with E-state index in [2.05, 4.69) is 4.98 Å². The van der Waals surface area contributed by atoms with Crippen molar-refractivity contribution < 1.29 is 5.11 Å². The van der Waals surface area contributed by atoms with Crippen LogP contribution in [-0.2, 0) is 6.42 Å². The van der Waals surface area contributed by atoms with Crippen LogP contribution in [0.1, 0.15) is 17.4 Å². The molecule has 4 heteroatoms. The Morgan fingerprint density at radius 3 is 2.62 bits per heavy atom. The number of hydrogen-bond acceptors (Lipinski definition) is 2. The molecule has 0 saturated carbocycles. The lowest BCUT2D eigenvalue weighted by Crippen LogP contribution is -2.04. The highest BCUT2D eigenvalue weighted by Crippen LogP contribution is 2.28. The number of aromatic nitrogens is 1. The lowest BCUT2D eigenvalue weighted by molar-refractivity contribution is 0.177. The second kappa shape index (κ2) is 6.02. The lowest BCUT2D eigenvalue weighted by atomic mass is 10.0. The number of aliphatic hydroxyl groups excluding tert-OH is 1. The van der Waals surface area contributed by atoms with Gasteiger partial charge in [0, 0.05) is 27.5 Å². The van der Waals surface area contributed by atoms with Gasteiger partial charge in [0.05, 0.1) is 11.6 Å². The van der Waals surface area contributed by atoms with Crippen LogP contribution in [0.3, 0.4) is 0 Å². The monoisotopic (exact) mass is 317 g/mol. The van der Waals surface area contributed by atoms with Gasteiger partial charge in [-0.1, -0.05) is 53.5 Å². The summed E-state index contributed by atoms with van der Waals surface area (Å²) in [5.41, 5.74) is 2.41. The maximum atomic E-state index is 10.4. The molecule has 0 aliphatic rings. The van der Waals surface area contributed by atoms with Crippen molar-refractivity contribution in [3.05, 3.63) is 75.9 Å². The van der Waals surface area contributed by atoms with Gasteiger partial charge in [-0.2, -0.15) is 0 Å². The molecule has 0 fully saturated rings.